The molecule has 1 amide bonds. The van der Waals surface area contributed by atoms with Gasteiger partial charge in [0.1, 0.15) is 0 Å². The number of nitrogens with one attached hydrogen (secondary N) is 1. The second kappa shape index (κ2) is 7.38. The fourth-order valence-electron chi connectivity index (χ4n) is 2.34. The van der Waals surface area contributed by atoms with Gasteiger partial charge in [0.05, 0.1) is 6.54 Å². The van der Waals surface area contributed by atoms with Crippen LogP contribution in [0.1, 0.15) is 25.7 Å². The lowest BCUT2D eigenvalue weighted by molar-refractivity contribution is -0.126. The minimum absolute atomic E-state index is 0. The van der Waals surface area contributed by atoms with Crippen LogP contribution in [0, 0.1) is 5.92 Å². The van der Waals surface area contributed by atoms with Gasteiger partial charge < -0.3 is 11.1 Å². The standard InChI is InChI=1S/C12H20N4O.ClH/c13-11-4-1-3-10(9-11)12(17)14-6-8-16-7-2-5-15-16;/h2,5,7,10-11H,1,3-4,6,8-9,13H2,(H,14,17);1H. The predicted octanol–water partition coefficient (Wildman–Crippen LogP) is 0.939. The molecule has 2 atom stereocenters. The highest BCUT2D eigenvalue weighted by molar-refractivity contribution is 5.85. The van der Waals surface area contributed by atoms with Crippen LogP contribution in [0.25, 0.3) is 0 Å². The molecule has 5 nitrogen and oxygen atoms in total. The molecule has 6 heteroatoms. The van der Waals surface area contributed by atoms with Gasteiger partial charge >= 0.3 is 0 Å². The maximum Gasteiger partial charge on any atom is 0.223 e. The second-order valence-corrected chi connectivity index (χ2v) is 4.68. The van der Waals surface area contributed by atoms with Crippen molar-refractivity contribution < 1.29 is 4.79 Å². The zero-order valence-corrected chi connectivity index (χ0v) is 11.2. The van der Waals surface area contributed by atoms with Crippen molar-refractivity contribution in [3.8, 4) is 0 Å². The van der Waals surface area contributed by atoms with Crippen LogP contribution in [-0.2, 0) is 11.3 Å². The molecule has 1 aromatic heterocycles. The molecule has 2 rings (SSSR count). The summed E-state index contributed by atoms with van der Waals surface area (Å²) < 4.78 is 1.81. The first-order valence-electron chi connectivity index (χ1n) is 6.26. The summed E-state index contributed by atoms with van der Waals surface area (Å²) in [6.45, 7) is 1.35. The number of aromatic nitrogens is 2. The van der Waals surface area contributed by atoms with Gasteiger partial charge in [-0.2, -0.15) is 5.10 Å². The smallest absolute Gasteiger partial charge is 0.223 e. The average Bonchev–Trinajstić information content (AvgIpc) is 2.82. The molecule has 0 aliphatic heterocycles. The van der Waals surface area contributed by atoms with Crippen LogP contribution >= 0.6 is 12.4 Å². The number of halogens is 1. The highest BCUT2D eigenvalue weighted by Crippen LogP contribution is 2.22. The first-order valence-corrected chi connectivity index (χ1v) is 6.26. The third-order valence-electron chi connectivity index (χ3n) is 3.28. The Labute approximate surface area is 114 Å². The fraction of sp³-hybridized carbons (Fsp3) is 0.667. The Balaban J connectivity index is 0.00000162. The molecule has 0 aromatic carbocycles. The summed E-state index contributed by atoms with van der Waals surface area (Å²) in [6.07, 6.45) is 7.55. The van der Waals surface area contributed by atoms with Gasteiger partial charge in [-0.15, -0.1) is 12.4 Å². The van der Waals surface area contributed by atoms with Crippen molar-refractivity contribution >= 4 is 18.3 Å². The average molecular weight is 273 g/mol. The fourth-order valence-corrected chi connectivity index (χ4v) is 2.34. The number of rotatable bonds is 4. The molecule has 1 aliphatic rings. The van der Waals surface area contributed by atoms with E-state index < -0.39 is 0 Å². The van der Waals surface area contributed by atoms with Crippen molar-refractivity contribution in [3.63, 3.8) is 0 Å². The number of carbonyl (C=O) groups excluding carboxylic acids is 1. The number of amides is 1. The summed E-state index contributed by atoms with van der Waals surface area (Å²) >= 11 is 0. The molecule has 1 aliphatic carbocycles. The Kier molecular flexibility index (Phi) is 6.15. The van der Waals surface area contributed by atoms with E-state index in [0.717, 1.165) is 32.2 Å². The Morgan fingerprint density at radius 1 is 1.50 bits per heavy atom. The van der Waals surface area contributed by atoms with Gasteiger partial charge in [-0.25, -0.2) is 0 Å². The van der Waals surface area contributed by atoms with Crippen molar-refractivity contribution in [3.05, 3.63) is 18.5 Å². The van der Waals surface area contributed by atoms with Gasteiger partial charge in [-0.3, -0.25) is 9.48 Å². The third-order valence-corrected chi connectivity index (χ3v) is 3.28. The van der Waals surface area contributed by atoms with E-state index in [1.165, 1.54) is 0 Å². The van der Waals surface area contributed by atoms with E-state index in [1.807, 2.05) is 16.9 Å². The Bertz CT molecular complexity index is 355. The van der Waals surface area contributed by atoms with Crippen LogP contribution < -0.4 is 11.1 Å². The van der Waals surface area contributed by atoms with E-state index in [9.17, 15) is 4.79 Å². The molecule has 0 saturated heterocycles. The van der Waals surface area contributed by atoms with Crippen LogP contribution in [0.2, 0.25) is 0 Å². The number of nitrogens with two attached hydrogens (primary N) is 1. The van der Waals surface area contributed by atoms with Crippen molar-refractivity contribution in [2.45, 2.75) is 38.3 Å². The number of nitrogens with zero attached hydrogens (tertiary/aromatic N) is 2. The van der Waals surface area contributed by atoms with E-state index in [1.54, 1.807) is 6.20 Å². The van der Waals surface area contributed by atoms with E-state index in [4.69, 9.17) is 5.73 Å². The summed E-state index contributed by atoms with van der Waals surface area (Å²) in [4.78, 5) is 11.9. The van der Waals surface area contributed by atoms with Crippen molar-refractivity contribution in [2.24, 2.45) is 11.7 Å². The third kappa shape index (κ3) is 4.31. The first kappa shape index (κ1) is 15.0. The quantitative estimate of drug-likeness (QED) is 0.857. The van der Waals surface area contributed by atoms with Crippen LogP contribution in [0.4, 0.5) is 0 Å². The highest BCUT2D eigenvalue weighted by atomic mass is 35.5. The zero-order valence-electron chi connectivity index (χ0n) is 10.4. The molecule has 0 radical (unpaired) electrons. The molecule has 1 saturated carbocycles. The van der Waals surface area contributed by atoms with Crippen LogP contribution in [0.3, 0.4) is 0 Å². The summed E-state index contributed by atoms with van der Waals surface area (Å²) in [6, 6.07) is 2.08. The lowest BCUT2D eigenvalue weighted by Gasteiger charge is -2.25. The molecule has 102 valence electrons. The summed E-state index contributed by atoms with van der Waals surface area (Å²) in [7, 11) is 0. The lowest BCUT2D eigenvalue weighted by Crippen LogP contribution is -2.38. The SMILES string of the molecule is Cl.NC1CCCC(C(=O)NCCn2cccn2)C1. The maximum atomic E-state index is 11.9. The zero-order chi connectivity index (χ0) is 12.1. The number of hydrogen-bond acceptors (Lipinski definition) is 3. The monoisotopic (exact) mass is 272 g/mol. The predicted molar refractivity (Wildman–Crippen MR) is 72.4 cm³/mol. The molecule has 1 heterocycles. The van der Waals surface area contributed by atoms with Crippen molar-refractivity contribution in [1.82, 2.24) is 15.1 Å². The van der Waals surface area contributed by atoms with Gasteiger partial charge in [0.2, 0.25) is 5.91 Å². The van der Waals surface area contributed by atoms with Gasteiger partial charge in [-0.05, 0) is 25.3 Å². The maximum absolute atomic E-state index is 11.9. The van der Waals surface area contributed by atoms with Crippen molar-refractivity contribution in [1.29, 1.82) is 0 Å². The minimum Gasteiger partial charge on any atom is -0.354 e. The van der Waals surface area contributed by atoms with E-state index in [2.05, 4.69) is 10.4 Å². The lowest BCUT2D eigenvalue weighted by atomic mass is 9.85. The first-order chi connectivity index (χ1) is 8.25. The number of hydrogen-bond donors (Lipinski definition) is 2. The van der Waals surface area contributed by atoms with Crippen LogP contribution in [-0.4, -0.2) is 28.3 Å². The largest absolute Gasteiger partial charge is 0.354 e. The summed E-state index contributed by atoms with van der Waals surface area (Å²) in [5.74, 6) is 0.253. The van der Waals surface area contributed by atoms with Crippen molar-refractivity contribution in [2.75, 3.05) is 6.54 Å². The summed E-state index contributed by atoms with van der Waals surface area (Å²) in [5, 5.41) is 7.04. The molecular formula is C12H21ClN4O. The molecule has 3 N–H and O–H groups in total. The van der Waals surface area contributed by atoms with Gasteiger partial charge in [0.15, 0.2) is 0 Å². The summed E-state index contributed by atoms with van der Waals surface area (Å²) in [5.41, 5.74) is 5.87. The minimum atomic E-state index is 0. The second-order valence-electron chi connectivity index (χ2n) is 4.68. The molecule has 0 spiro atoms. The molecule has 18 heavy (non-hydrogen) atoms. The Morgan fingerprint density at radius 2 is 2.33 bits per heavy atom. The van der Waals surface area contributed by atoms with Crippen LogP contribution in [0.15, 0.2) is 18.5 Å². The van der Waals surface area contributed by atoms with Gasteiger partial charge in [-0.1, -0.05) is 6.42 Å². The highest BCUT2D eigenvalue weighted by Gasteiger charge is 2.24. The Morgan fingerprint density at radius 3 is 3.00 bits per heavy atom. The Hall–Kier alpha value is -1.07. The molecule has 2 unspecified atom stereocenters. The topological polar surface area (TPSA) is 72.9 Å². The molecule has 1 fully saturated rings. The van der Waals surface area contributed by atoms with E-state index >= 15 is 0 Å². The normalized spacial score (nSPS) is 23.2. The van der Waals surface area contributed by atoms with E-state index in [-0.39, 0.29) is 30.3 Å². The van der Waals surface area contributed by atoms with Gasteiger partial charge in [0.25, 0.3) is 0 Å². The van der Waals surface area contributed by atoms with Crippen LogP contribution in [0.5, 0.6) is 0 Å². The molecular weight excluding hydrogens is 252 g/mol. The van der Waals surface area contributed by atoms with Gasteiger partial charge in [0, 0.05) is 30.9 Å². The molecule has 0 bridgehead atoms. The number of carbonyl (C=O) groups is 1. The molecule has 1 aromatic rings. The van der Waals surface area contributed by atoms with E-state index in [0.29, 0.717) is 6.54 Å².